The average molecular weight is 430 g/mol. The van der Waals surface area contributed by atoms with Crippen molar-refractivity contribution < 1.29 is 23.5 Å². The Bertz CT molecular complexity index is 938. The number of halogens is 1. The van der Waals surface area contributed by atoms with Crippen molar-refractivity contribution in [3.05, 3.63) is 82.7 Å². The van der Waals surface area contributed by atoms with Crippen molar-refractivity contribution in [1.82, 2.24) is 0 Å². The summed E-state index contributed by atoms with van der Waals surface area (Å²) in [5.74, 6) is -0.637. The van der Waals surface area contributed by atoms with E-state index >= 15 is 0 Å². The van der Waals surface area contributed by atoms with Gasteiger partial charge in [0.1, 0.15) is 5.75 Å². The van der Waals surface area contributed by atoms with Crippen molar-refractivity contribution in [3.63, 3.8) is 0 Å². The van der Waals surface area contributed by atoms with Gasteiger partial charge in [0.15, 0.2) is 4.67 Å². The quantitative estimate of drug-likeness (QED) is 0.579. The van der Waals surface area contributed by atoms with Crippen molar-refractivity contribution in [2.24, 2.45) is 0 Å². The van der Waals surface area contributed by atoms with Crippen LogP contribution in [-0.4, -0.2) is 19.0 Å². The van der Waals surface area contributed by atoms with Crippen LogP contribution in [0.4, 0.5) is 5.69 Å². The maximum absolute atomic E-state index is 12.8. The molecule has 0 radical (unpaired) electrons. The predicted molar refractivity (Wildman–Crippen MR) is 103 cm³/mol. The molecule has 1 amide bonds. The second-order valence-corrected chi connectivity index (χ2v) is 6.30. The fourth-order valence-corrected chi connectivity index (χ4v) is 2.71. The zero-order valence-electron chi connectivity index (χ0n) is 14.3. The van der Waals surface area contributed by atoms with Gasteiger partial charge in [-0.15, -0.1) is 0 Å². The number of hydrogen-bond acceptors (Lipinski definition) is 5. The standard InChI is InChI=1S/C20H16BrNO5/c1-25-15-9-5-8-14(12-15)22-19(23)18(13-6-3-2-4-7-13)27-20(24)16-10-11-17(21)26-16/h2-12,18H,1H3,(H,22,23)/t18-/m1/s1. The van der Waals surface area contributed by atoms with Gasteiger partial charge in [0.25, 0.3) is 5.91 Å². The molecule has 0 aliphatic heterocycles. The topological polar surface area (TPSA) is 77.8 Å². The van der Waals surface area contributed by atoms with Gasteiger partial charge in [0.05, 0.1) is 7.11 Å². The highest BCUT2D eigenvalue weighted by Gasteiger charge is 2.27. The maximum atomic E-state index is 12.8. The molecule has 1 N–H and O–H groups in total. The number of carbonyl (C=O) groups is 2. The lowest BCUT2D eigenvalue weighted by Crippen LogP contribution is -2.25. The van der Waals surface area contributed by atoms with E-state index in [9.17, 15) is 9.59 Å². The van der Waals surface area contributed by atoms with Crippen LogP contribution < -0.4 is 10.1 Å². The molecule has 27 heavy (non-hydrogen) atoms. The van der Waals surface area contributed by atoms with Gasteiger partial charge in [-0.3, -0.25) is 4.79 Å². The Morgan fingerprint density at radius 3 is 2.48 bits per heavy atom. The third kappa shape index (κ3) is 4.77. The molecule has 3 rings (SSSR count). The number of amides is 1. The number of anilines is 1. The smallest absolute Gasteiger partial charge is 0.375 e. The highest BCUT2D eigenvalue weighted by molar-refractivity contribution is 9.10. The minimum atomic E-state index is -1.14. The molecule has 0 unspecified atom stereocenters. The number of rotatable bonds is 6. The molecule has 0 aliphatic carbocycles. The fourth-order valence-electron chi connectivity index (χ4n) is 2.40. The Balaban J connectivity index is 1.83. The summed E-state index contributed by atoms with van der Waals surface area (Å²) in [5, 5.41) is 2.74. The highest BCUT2D eigenvalue weighted by Crippen LogP contribution is 2.24. The van der Waals surface area contributed by atoms with Crippen LogP contribution in [0.15, 0.2) is 75.8 Å². The van der Waals surface area contributed by atoms with E-state index in [2.05, 4.69) is 21.2 Å². The van der Waals surface area contributed by atoms with Gasteiger partial charge in [0, 0.05) is 17.3 Å². The Morgan fingerprint density at radius 1 is 1.04 bits per heavy atom. The molecule has 2 aromatic carbocycles. The van der Waals surface area contributed by atoms with E-state index in [0.717, 1.165) is 0 Å². The Labute approximate surface area is 164 Å². The first-order chi connectivity index (χ1) is 13.1. The van der Waals surface area contributed by atoms with Crippen molar-refractivity contribution in [3.8, 4) is 5.75 Å². The molecule has 1 aromatic heterocycles. The summed E-state index contributed by atoms with van der Waals surface area (Å²) in [7, 11) is 1.54. The van der Waals surface area contributed by atoms with Crippen molar-refractivity contribution in [2.45, 2.75) is 6.10 Å². The van der Waals surface area contributed by atoms with Crippen molar-refractivity contribution in [1.29, 1.82) is 0 Å². The second kappa shape index (κ2) is 8.55. The number of furan rings is 1. The molecule has 0 bridgehead atoms. The first-order valence-electron chi connectivity index (χ1n) is 8.03. The van der Waals surface area contributed by atoms with Crippen molar-refractivity contribution >= 4 is 33.5 Å². The lowest BCUT2D eigenvalue weighted by atomic mass is 10.1. The third-order valence-electron chi connectivity index (χ3n) is 3.68. The molecule has 0 saturated heterocycles. The molecular weight excluding hydrogens is 414 g/mol. The predicted octanol–water partition coefficient (Wildman–Crippen LogP) is 4.59. The summed E-state index contributed by atoms with van der Waals surface area (Å²) in [5.41, 5.74) is 1.06. The molecule has 138 valence electrons. The van der Waals surface area contributed by atoms with E-state index in [0.29, 0.717) is 21.7 Å². The first-order valence-corrected chi connectivity index (χ1v) is 8.82. The van der Waals surface area contributed by atoms with Crippen LogP contribution in [0.3, 0.4) is 0 Å². The van der Waals surface area contributed by atoms with Gasteiger partial charge >= 0.3 is 5.97 Å². The number of benzene rings is 2. The zero-order chi connectivity index (χ0) is 19.2. The number of hydrogen-bond donors (Lipinski definition) is 1. The molecule has 1 atom stereocenters. The van der Waals surface area contributed by atoms with Crippen LogP contribution in [0.25, 0.3) is 0 Å². The molecule has 3 aromatic rings. The molecule has 6 nitrogen and oxygen atoms in total. The monoisotopic (exact) mass is 429 g/mol. The van der Waals surface area contributed by atoms with Gasteiger partial charge < -0.3 is 19.2 Å². The van der Waals surface area contributed by atoms with Gasteiger partial charge in [-0.1, -0.05) is 36.4 Å². The Hall–Kier alpha value is -3.06. The summed E-state index contributed by atoms with van der Waals surface area (Å²) >= 11 is 3.13. The molecule has 7 heteroatoms. The second-order valence-electron chi connectivity index (χ2n) is 5.52. The van der Waals surface area contributed by atoms with Crippen LogP contribution >= 0.6 is 15.9 Å². The van der Waals surface area contributed by atoms with E-state index in [1.165, 1.54) is 13.2 Å². The zero-order valence-corrected chi connectivity index (χ0v) is 15.9. The van der Waals surface area contributed by atoms with Crippen LogP contribution in [-0.2, 0) is 9.53 Å². The maximum Gasteiger partial charge on any atom is 0.375 e. The summed E-state index contributed by atoms with van der Waals surface area (Å²) in [6, 6.07) is 18.7. The number of nitrogens with one attached hydrogen (secondary N) is 1. The summed E-state index contributed by atoms with van der Waals surface area (Å²) < 4.78 is 16.2. The van der Waals surface area contributed by atoms with E-state index < -0.39 is 18.0 Å². The van der Waals surface area contributed by atoms with Crippen LogP contribution in [0.5, 0.6) is 5.75 Å². The average Bonchev–Trinajstić information content (AvgIpc) is 3.13. The number of ether oxygens (including phenoxy) is 2. The minimum Gasteiger partial charge on any atom is -0.497 e. The summed E-state index contributed by atoms with van der Waals surface area (Å²) in [4.78, 5) is 25.2. The van der Waals surface area contributed by atoms with Crippen LogP contribution in [0.1, 0.15) is 22.2 Å². The van der Waals surface area contributed by atoms with E-state index in [1.54, 1.807) is 54.6 Å². The number of carbonyl (C=O) groups excluding carboxylic acids is 2. The third-order valence-corrected chi connectivity index (χ3v) is 4.10. The van der Waals surface area contributed by atoms with Gasteiger partial charge in [-0.2, -0.15) is 0 Å². The van der Waals surface area contributed by atoms with Gasteiger partial charge in [0.2, 0.25) is 11.9 Å². The molecular formula is C20H16BrNO5. The van der Waals surface area contributed by atoms with Gasteiger partial charge in [-0.05, 0) is 40.2 Å². The Morgan fingerprint density at radius 2 is 1.81 bits per heavy atom. The van der Waals surface area contributed by atoms with Crippen molar-refractivity contribution in [2.75, 3.05) is 12.4 Å². The molecule has 1 heterocycles. The lowest BCUT2D eigenvalue weighted by Gasteiger charge is -2.17. The van der Waals surface area contributed by atoms with E-state index in [4.69, 9.17) is 13.9 Å². The summed E-state index contributed by atoms with van der Waals surface area (Å²) in [6.45, 7) is 0. The lowest BCUT2D eigenvalue weighted by molar-refractivity contribution is -0.125. The minimum absolute atomic E-state index is 0.00279. The molecule has 0 spiro atoms. The van der Waals surface area contributed by atoms with E-state index in [-0.39, 0.29) is 5.76 Å². The molecule has 0 fully saturated rings. The number of methoxy groups -OCH3 is 1. The summed E-state index contributed by atoms with van der Waals surface area (Å²) in [6.07, 6.45) is -1.14. The first kappa shape index (κ1) is 18.7. The Kier molecular flexibility index (Phi) is 5.93. The largest absolute Gasteiger partial charge is 0.497 e. The highest BCUT2D eigenvalue weighted by atomic mass is 79.9. The number of esters is 1. The SMILES string of the molecule is COc1cccc(NC(=O)[C@H](OC(=O)c2ccc(Br)o2)c2ccccc2)c1. The fraction of sp³-hybridized carbons (Fsp3) is 0.100. The normalized spacial score (nSPS) is 11.5. The van der Waals surface area contributed by atoms with E-state index in [1.807, 2.05) is 6.07 Å². The molecule has 0 aliphatic rings. The van der Waals surface area contributed by atoms with Crippen LogP contribution in [0, 0.1) is 0 Å². The van der Waals surface area contributed by atoms with Crippen LogP contribution in [0.2, 0.25) is 0 Å². The molecule has 0 saturated carbocycles. The van der Waals surface area contributed by atoms with Gasteiger partial charge in [-0.25, -0.2) is 4.79 Å².